The summed E-state index contributed by atoms with van der Waals surface area (Å²) in [6, 6.07) is 10.3. The maximum Gasteiger partial charge on any atom is 0.407 e. The number of piperidine rings is 1. The van der Waals surface area contributed by atoms with E-state index in [1.165, 1.54) is 12.0 Å². The van der Waals surface area contributed by atoms with Crippen molar-refractivity contribution in [1.82, 2.24) is 4.90 Å². The smallest absolute Gasteiger partial charge is 0.407 e. The molecule has 0 radical (unpaired) electrons. The summed E-state index contributed by atoms with van der Waals surface area (Å²) in [6.07, 6.45) is 3.78. The minimum absolute atomic E-state index is 0.704. The Balaban J connectivity index is 1.30. The lowest BCUT2D eigenvalue weighted by molar-refractivity contribution is 0.108. The number of amides is 1. The van der Waals surface area contributed by atoms with Gasteiger partial charge in [-0.05, 0) is 49.0 Å². The Hall–Kier alpha value is -1.55. The molecule has 1 aromatic rings. The van der Waals surface area contributed by atoms with Crippen LogP contribution in [0.3, 0.4) is 0 Å². The number of benzene rings is 1. The van der Waals surface area contributed by atoms with Crippen LogP contribution in [-0.2, 0) is 11.3 Å². The first kappa shape index (κ1) is 15.3. The molecule has 2 aliphatic rings. The second kappa shape index (κ2) is 7.14. The van der Waals surface area contributed by atoms with Crippen LogP contribution >= 0.6 is 0 Å². The lowest BCUT2D eigenvalue weighted by Gasteiger charge is -2.30. The number of carboxylic acid groups (broad SMARTS) is 1. The van der Waals surface area contributed by atoms with Gasteiger partial charge in [-0.25, -0.2) is 4.79 Å². The summed E-state index contributed by atoms with van der Waals surface area (Å²) in [7, 11) is 0. The lowest BCUT2D eigenvalue weighted by Crippen LogP contribution is -2.38. The Morgan fingerprint density at radius 1 is 1.23 bits per heavy atom. The number of rotatable bonds is 6. The van der Waals surface area contributed by atoms with Gasteiger partial charge in [0, 0.05) is 19.7 Å². The highest BCUT2D eigenvalue weighted by molar-refractivity contribution is 5.64. The Morgan fingerprint density at radius 3 is 2.64 bits per heavy atom. The van der Waals surface area contributed by atoms with Crippen molar-refractivity contribution in [1.29, 1.82) is 0 Å². The van der Waals surface area contributed by atoms with E-state index in [0.717, 1.165) is 43.6 Å². The quantitative estimate of drug-likeness (QED) is 0.817. The average Bonchev–Trinajstić information content (AvgIpc) is 3.32. The summed E-state index contributed by atoms with van der Waals surface area (Å²) < 4.78 is 5.77. The van der Waals surface area contributed by atoms with Crippen molar-refractivity contribution in [2.75, 3.05) is 19.7 Å². The Bertz CT molecular complexity index is 482. The van der Waals surface area contributed by atoms with Gasteiger partial charge in [0.2, 0.25) is 0 Å². The second-order valence-corrected chi connectivity index (χ2v) is 6.59. The first-order chi connectivity index (χ1) is 10.7. The predicted molar refractivity (Wildman–Crippen MR) is 84.6 cm³/mol. The molecule has 0 aromatic heterocycles. The summed E-state index contributed by atoms with van der Waals surface area (Å²) in [5, 5.41) is 8.98. The predicted octanol–water partition coefficient (Wildman–Crippen LogP) is 3.62. The number of carbonyl (C=O) groups is 1. The van der Waals surface area contributed by atoms with Crippen molar-refractivity contribution in [3.8, 4) is 0 Å². The molecule has 22 heavy (non-hydrogen) atoms. The average molecular weight is 303 g/mol. The van der Waals surface area contributed by atoms with Gasteiger partial charge in [-0.1, -0.05) is 30.3 Å². The third kappa shape index (κ3) is 4.01. The highest BCUT2D eigenvalue weighted by Gasteiger charge is 2.43. The van der Waals surface area contributed by atoms with E-state index in [1.54, 1.807) is 4.90 Å². The molecule has 0 bridgehead atoms. The van der Waals surface area contributed by atoms with Crippen LogP contribution in [0.15, 0.2) is 30.3 Å². The third-order valence-corrected chi connectivity index (χ3v) is 5.14. The van der Waals surface area contributed by atoms with Gasteiger partial charge in [-0.3, -0.25) is 0 Å². The van der Waals surface area contributed by atoms with Gasteiger partial charge in [-0.15, -0.1) is 0 Å². The molecule has 1 heterocycles. The van der Waals surface area contributed by atoms with E-state index in [9.17, 15) is 4.79 Å². The zero-order chi connectivity index (χ0) is 15.4. The molecular formula is C18H25NO3. The zero-order valence-electron chi connectivity index (χ0n) is 13.0. The number of nitrogens with zero attached hydrogens (tertiary/aromatic N) is 1. The summed E-state index contributed by atoms with van der Waals surface area (Å²) in [4.78, 5) is 12.5. The van der Waals surface area contributed by atoms with Crippen molar-refractivity contribution in [2.24, 2.45) is 17.8 Å². The van der Waals surface area contributed by atoms with Crippen LogP contribution in [0, 0.1) is 17.8 Å². The second-order valence-electron chi connectivity index (χ2n) is 6.59. The molecule has 2 unspecified atom stereocenters. The van der Waals surface area contributed by atoms with Gasteiger partial charge >= 0.3 is 6.09 Å². The zero-order valence-corrected chi connectivity index (χ0v) is 13.0. The largest absolute Gasteiger partial charge is 0.465 e. The standard InChI is InChI=1S/C18H25NO3/c20-18(21)19-9-6-15(7-10-19)17-12-16(17)8-11-22-13-14-4-2-1-3-5-14/h1-5,15-17H,6-13H2,(H,20,21). The summed E-state index contributed by atoms with van der Waals surface area (Å²) in [5.41, 5.74) is 1.23. The minimum atomic E-state index is -0.764. The molecule has 1 saturated heterocycles. The van der Waals surface area contributed by atoms with E-state index in [0.29, 0.717) is 19.7 Å². The van der Waals surface area contributed by atoms with Gasteiger partial charge < -0.3 is 14.7 Å². The van der Waals surface area contributed by atoms with Crippen molar-refractivity contribution in [2.45, 2.75) is 32.3 Å². The maximum atomic E-state index is 10.9. The molecule has 2 fully saturated rings. The van der Waals surface area contributed by atoms with Crippen LogP contribution in [0.1, 0.15) is 31.2 Å². The van der Waals surface area contributed by atoms with E-state index >= 15 is 0 Å². The van der Waals surface area contributed by atoms with Crippen LogP contribution in [0.25, 0.3) is 0 Å². The van der Waals surface area contributed by atoms with E-state index in [-0.39, 0.29) is 0 Å². The van der Waals surface area contributed by atoms with Crippen molar-refractivity contribution < 1.29 is 14.6 Å². The van der Waals surface area contributed by atoms with Crippen LogP contribution in [0.4, 0.5) is 4.79 Å². The van der Waals surface area contributed by atoms with Crippen LogP contribution < -0.4 is 0 Å². The Morgan fingerprint density at radius 2 is 1.95 bits per heavy atom. The normalized spacial score (nSPS) is 25.2. The first-order valence-electron chi connectivity index (χ1n) is 8.33. The Labute approximate surface area is 132 Å². The van der Waals surface area contributed by atoms with Crippen molar-refractivity contribution >= 4 is 6.09 Å². The molecule has 1 aliphatic carbocycles. The fourth-order valence-corrected chi connectivity index (χ4v) is 3.70. The van der Waals surface area contributed by atoms with Crippen molar-refractivity contribution in [3.63, 3.8) is 0 Å². The molecule has 1 saturated carbocycles. The van der Waals surface area contributed by atoms with Gasteiger partial charge in [-0.2, -0.15) is 0 Å². The molecule has 4 nitrogen and oxygen atoms in total. The monoisotopic (exact) mass is 303 g/mol. The molecule has 1 amide bonds. The summed E-state index contributed by atoms with van der Waals surface area (Å²) in [5.74, 6) is 2.35. The van der Waals surface area contributed by atoms with Gasteiger partial charge in [0.05, 0.1) is 6.61 Å². The fraction of sp³-hybridized carbons (Fsp3) is 0.611. The highest BCUT2D eigenvalue weighted by atomic mass is 16.5. The summed E-state index contributed by atoms with van der Waals surface area (Å²) >= 11 is 0. The molecule has 1 aliphatic heterocycles. The molecule has 120 valence electrons. The van der Waals surface area contributed by atoms with E-state index in [1.807, 2.05) is 18.2 Å². The summed E-state index contributed by atoms with van der Waals surface area (Å²) in [6.45, 7) is 2.97. The van der Waals surface area contributed by atoms with Crippen LogP contribution in [-0.4, -0.2) is 35.8 Å². The SMILES string of the molecule is O=C(O)N1CCC(C2CC2CCOCc2ccccc2)CC1. The molecule has 1 aromatic carbocycles. The van der Waals surface area contributed by atoms with Crippen molar-refractivity contribution in [3.05, 3.63) is 35.9 Å². The number of ether oxygens (including phenoxy) is 1. The van der Waals surface area contributed by atoms with Gasteiger partial charge in [0.25, 0.3) is 0 Å². The molecule has 3 rings (SSSR count). The molecule has 4 heteroatoms. The van der Waals surface area contributed by atoms with Crippen LogP contribution in [0.2, 0.25) is 0 Å². The van der Waals surface area contributed by atoms with E-state index < -0.39 is 6.09 Å². The van der Waals surface area contributed by atoms with Gasteiger partial charge in [0.15, 0.2) is 0 Å². The van der Waals surface area contributed by atoms with E-state index in [2.05, 4.69) is 12.1 Å². The number of likely N-dealkylation sites (tertiary alicyclic amines) is 1. The van der Waals surface area contributed by atoms with Gasteiger partial charge in [0.1, 0.15) is 0 Å². The molecule has 0 spiro atoms. The molecular weight excluding hydrogens is 278 g/mol. The number of hydrogen-bond acceptors (Lipinski definition) is 2. The molecule has 1 N–H and O–H groups in total. The fourth-order valence-electron chi connectivity index (χ4n) is 3.70. The first-order valence-corrected chi connectivity index (χ1v) is 8.33. The Kier molecular flexibility index (Phi) is 4.98. The van der Waals surface area contributed by atoms with E-state index in [4.69, 9.17) is 9.84 Å². The highest BCUT2D eigenvalue weighted by Crippen LogP contribution is 2.49. The minimum Gasteiger partial charge on any atom is -0.465 e. The maximum absolute atomic E-state index is 10.9. The number of hydrogen-bond donors (Lipinski definition) is 1. The van der Waals surface area contributed by atoms with Crippen LogP contribution in [0.5, 0.6) is 0 Å². The topological polar surface area (TPSA) is 49.8 Å². The molecule has 2 atom stereocenters. The third-order valence-electron chi connectivity index (χ3n) is 5.14. The lowest BCUT2D eigenvalue weighted by atomic mass is 9.91.